The van der Waals surface area contributed by atoms with Gasteiger partial charge in [0.05, 0.1) is 23.4 Å². The van der Waals surface area contributed by atoms with E-state index in [1.54, 1.807) is 11.3 Å². The molecule has 3 unspecified atom stereocenters. The molecule has 122 valence electrons. The molecule has 1 aromatic rings. The minimum absolute atomic E-state index is 0.162. The van der Waals surface area contributed by atoms with Gasteiger partial charge in [-0.15, -0.1) is 11.3 Å². The van der Waals surface area contributed by atoms with Crippen molar-refractivity contribution in [1.29, 1.82) is 0 Å². The summed E-state index contributed by atoms with van der Waals surface area (Å²) in [6.07, 6.45) is 1.55. The van der Waals surface area contributed by atoms with E-state index in [0.29, 0.717) is 18.1 Å². The molecule has 22 heavy (non-hydrogen) atoms. The number of nitrogens with one attached hydrogen (secondary N) is 2. The maximum absolute atomic E-state index is 5.85. The Morgan fingerprint density at radius 3 is 2.86 bits per heavy atom. The molecule has 1 aromatic heterocycles. The molecule has 2 aliphatic rings. The molecule has 2 heterocycles. The van der Waals surface area contributed by atoms with Gasteiger partial charge in [-0.05, 0) is 20.3 Å². The van der Waals surface area contributed by atoms with E-state index in [1.807, 2.05) is 14.0 Å². The molecule has 0 amide bonds. The summed E-state index contributed by atoms with van der Waals surface area (Å²) in [5, 5.41) is 8.14. The number of nitrogens with zero attached hydrogens (tertiary/aromatic N) is 2. The number of fused-ring (bicyclic) bond motifs is 1. The summed E-state index contributed by atoms with van der Waals surface area (Å²) in [5.41, 5.74) is 1.27. The van der Waals surface area contributed by atoms with Crippen LogP contribution in [0.1, 0.15) is 35.8 Å². The van der Waals surface area contributed by atoms with Crippen LogP contribution in [0.2, 0.25) is 0 Å². The Morgan fingerprint density at radius 1 is 1.45 bits per heavy atom. The molecule has 1 saturated carbocycles. The molecule has 3 rings (SSSR count). The minimum atomic E-state index is 0.162. The Labute approximate surface area is 136 Å². The van der Waals surface area contributed by atoms with E-state index in [4.69, 9.17) is 4.74 Å². The van der Waals surface area contributed by atoms with Gasteiger partial charge >= 0.3 is 0 Å². The van der Waals surface area contributed by atoms with Crippen LogP contribution in [0.5, 0.6) is 0 Å². The number of aliphatic imine (C=N–C) groups is 1. The molecule has 0 bridgehead atoms. The lowest BCUT2D eigenvalue weighted by Crippen LogP contribution is -2.67. The van der Waals surface area contributed by atoms with Crippen molar-refractivity contribution >= 4 is 17.3 Å². The van der Waals surface area contributed by atoms with Crippen molar-refractivity contribution in [2.75, 3.05) is 13.7 Å². The van der Waals surface area contributed by atoms with Gasteiger partial charge in [0, 0.05) is 35.9 Å². The summed E-state index contributed by atoms with van der Waals surface area (Å²) in [6.45, 7) is 10.3. The molecule has 1 aliphatic carbocycles. The van der Waals surface area contributed by atoms with E-state index in [-0.39, 0.29) is 5.41 Å². The standard InChI is InChI=1S/C16H26N4OS/c1-9-12(22-10(2)19-9)8-18-15(17-5)20-13-11-6-7-21-14(11)16(13,3)4/h11,13-14H,6-8H2,1-5H3,(H2,17,18,20). The summed E-state index contributed by atoms with van der Waals surface area (Å²) in [7, 11) is 1.83. The summed E-state index contributed by atoms with van der Waals surface area (Å²) >= 11 is 1.74. The van der Waals surface area contributed by atoms with Crippen LogP contribution in [0.4, 0.5) is 0 Å². The highest BCUT2D eigenvalue weighted by Gasteiger charge is 2.59. The van der Waals surface area contributed by atoms with Crippen LogP contribution in [0.25, 0.3) is 0 Å². The topological polar surface area (TPSA) is 58.5 Å². The normalized spacial score (nSPS) is 29.9. The van der Waals surface area contributed by atoms with Crippen LogP contribution in [0.15, 0.2) is 4.99 Å². The zero-order chi connectivity index (χ0) is 15.9. The van der Waals surface area contributed by atoms with Gasteiger partial charge in [-0.1, -0.05) is 13.8 Å². The van der Waals surface area contributed by atoms with Crippen molar-refractivity contribution in [1.82, 2.24) is 15.6 Å². The maximum Gasteiger partial charge on any atom is 0.191 e. The average Bonchev–Trinajstić information content (AvgIpc) is 3.04. The molecule has 2 N–H and O–H groups in total. The SMILES string of the molecule is CN=C(NCc1sc(C)nc1C)NC1C2CCOC2C1(C)C. The smallest absolute Gasteiger partial charge is 0.191 e. The van der Waals surface area contributed by atoms with Gasteiger partial charge < -0.3 is 15.4 Å². The van der Waals surface area contributed by atoms with Crippen LogP contribution >= 0.6 is 11.3 Å². The lowest BCUT2D eigenvalue weighted by molar-refractivity contribution is -0.106. The highest BCUT2D eigenvalue weighted by Crippen LogP contribution is 2.52. The number of hydrogen-bond acceptors (Lipinski definition) is 4. The van der Waals surface area contributed by atoms with Gasteiger partial charge in [0.25, 0.3) is 0 Å². The van der Waals surface area contributed by atoms with Crippen LogP contribution in [-0.4, -0.2) is 36.7 Å². The average molecular weight is 322 g/mol. The molecule has 0 aromatic carbocycles. The van der Waals surface area contributed by atoms with E-state index < -0.39 is 0 Å². The fraction of sp³-hybridized carbons (Fsp3) is 0.750. The Bertz CT molecular complexity index is 581. The number of thiazole rings is 1. The van der Waals surface area contributed by atoms with Crippen LogP contribution in [-0.2, 0) is 11.3 Å². The van der Waals surface area contributed by atoms with Gasteiger partial charge in [0.1, 0.15) is 0 Å². The first-order valence-electron chi connectivity index (χ1n) is 7.95. The largest absolute Gasteiger partial charge is 0.377 e. The van der Waals surface area contributed by atoms with Gasteiger partial charge in [-0.25, -0.2) is 4.98 Å². The Morgan fingerprint density at radius 2 is 2.23 bits per heavy atom. The molecule has 3 atom stereocenters. The van der Waals surface area contributed by atoms with E-state index in [1.165, 1.54) is 4.88 Å². The van der Waals surface area contributed by atoms with Crippen molar-refractivity contribution in [3.63, 3.8) is 0 Å². The summed E-state index contributed by atoms with van der Waals surface area (Å²) < 4.78 is 5.85. The Kier molecular flexibility index (Phi) is 4.16. The van der Waals surface area contributed by atoms with Crippen molar-refractivity contribution in [3.8, 4) is 0 Å². The first kappa shape index (κ1) is 15.7. The van der Waals surface area contributed by atoms with Crippen molar-refractivity contribution < 1.29 is 4.74 Å². The number of ether oxygens (including phenoxy) is 1. The zero-order valence-corrected chi connectivity index (χ0v) is 14.9. The molecular weight excluding hydrogens is 296 g/mol. The van der Waals surface area contributed by atoms with Gasteiger partial charge in [0.2, 0.25) is 0 Å². The fourth-order valence-corrected chi connectivity index (χ4v) is 4.74. The zero-order valence-electron chi connectivity index (χ0n) is 14.1. The Balaban J connectivity index is 1.60. The molecular formula is C16H26N4OS. The van der Waals surface area contributed by atoms with E-state index >= 15 is 0 Å². The summed E-state index contributed by atoms with van der Waals surface area (Å²) in [6, 6.07) is 0.426. The number of hydrogen-bond donors (Lipinski definition) is 2. The second-order valence-corrected chi connectivity index (χ2v) is 8.14. The number of rotatable bonds is 3. The second-order valence-electron chi connectivity index (χ2n) is 6.85. The number of aromatic nitrogens is 1. The van der Waals surface area contributed by atoms with E-state index in [2.05, 4.69) is 41.4 Å². The Hall–Kier alpha value is -1.14. The van der Waals surface area contributed by atoms with Crippen LogP contribution in [0.3, 0.4) is 0 Å². The lowest BCUT2D eigenvalue weighted by atomic mass is 9.57. The van der Waals surface area contributed by atoms with Crippen LogP contribution < -0.4 is 10.6 Å². The van der Waals surface area contributed by atoms with Gasteiger partial charge in [0.15, 0.2) is 5.96 Å². The maximum atomic E-state index is 5.85. The highest BCUT2D eigenvalue weighted by molar-refractivity contribution is 7.11. The monoisotopic (exact) mass is 322 g/mol. The van der Waals surface area contributed by atoms with Gasteiger partial charge in [-0.3, -0.25) is 4.99 Å². The third kappa shape index (κ3) is 2.63. The van der Waals surface area contributed by atoms with E-state index in [0.717, 1.165) is 36.2 Å². The van der Waals surface area contributed by atoms with E-state index in [9.17, 15) is 0 Å². The first-order valence-corrected chi connectivity index (χ1v) is 8.77. The van der Waals surface area contributed by atoms with Crippen molar-refractivity contribution in [2.24, 2.45) is 16.3 Å². The second kappa shape index (κ2) is 5.81. The molecule has 1 aliphatic heterocycles. The predicted molar refractivity (Wildman–Crippen MR) is 90.3 cm³/mol. The molecule has 6 heteroatoms. The molecule has 1 saturated heterocycles. The minimum Gasteiger partial charge on any atom is -0.377 e. The lowest BCUT2D eigenvalue weighted by Gasteiger charge is -2.54. The van der Waals surface area contributed by atoms with Crippen molar-refractivity contribution in [2.45, 2.75) is 52.8 Å². The van der Waals surface area contributed by atoms with Gasteiger partial charge in [-0.2, -0.15) is 0 Å². The molecule has 2 fully saturated rings. The highest BCUT2D eigenvalue weighted by atomic mass is 32.1. The molecule has 5 nitrogen and oxygen atoms in total. The quantitative estimate of drug-likeness (QED) is 0.662. The van der Waals surface area contributed by atoms with Crippen LogP contribution in [0, 0.1) is 25.2 Å². The summed E-state index contributed by atoms with van der Waals surface area (Å²) in [5.74, 6) is 1.48. The predicted octanol–water partition coefficient (Wildman–Crippen LogP) is 2.24. The number of guanidine groups is 1. The number of aryl methyl sites for hydroxylation is 2. The molecule has 0 radical (unpaired) electrons. The first-order chi connectivity index (χ1) is 10.4. The fourth-order valence-electron chi connectivity index (χ4n) is 3.86. The third-order valence-corrected chi connectivity index (χ3v) is 6.11. The molecule has 0 spiro atoms. The third-order valence-electron chi connectivity index (χ3n) is 5.03. The van der Waals surface area contributed by atoms with Crippen molar-refractivity contribution in [3.05, 3.63) is 15.6 Å². The summed E-state index contributed by atoms with van der Waals surface area (Å²) in [4.78, 5) is 10.1.